The Bertz CT molecular complexity index is 1170. The van der Waals surface area contributed by atoms with E-state index in [0.29, 0.717) is 5.15 Å². The molecule has 2 heterocycles. The number of benzene rings is 3. The molecule has 0 aliphatic heterocycles. The van der Waals surface area contributed by atoms with Crippen molar-refractivity contribution in [2.45, 2.75) is 5.54 Å². The van der Waals surface area contributed by atoms with Crippen molar-refractivity contribution < 1.29 is 0 Å². The maximum Gasteiger partial charge on any atom is 0.129 e. The molecule has 4 heteroatoms. The lowest BCUT2D eigenvalue weighted by molar-refractivity contribution is 0.515. The van der Waals surface area contributed by atoms with Crippen LogP contribution in [0.1, 0.15) is 16.7 Å². The molecule has 0 unspecified atom stereocenters. The minimum atomic E-state index is -0.575. The lowest BCUT2D eigenvalue weighted by Crippen LogP contribution is -2.36. The van der Waals surface area contributed by atoms with Gasteiger partial charge in [-0.2, -0.15) is 0 Å². The van der Waals surface area contributed by atoms with Crippen molar-refractivity contribution in [2.75, 3.05) is 0 Å². The van der Waals surface area contributed by atoms with Crippen molar-refractivity contribution in [1.82, 2.24) is 14.5 Å². The van der Waals surface area contributed by atoms with Crippen LogP contribution in [0.2, 0.25) is 5.15 Å². The summed E-state index contributed by atoms with van der Waals surface area (Å²) in [6.07, 6.45) is 5.74. The Balaban J connectivity index is 1.80. The van der Waals surface area contributed by atoms with E-state index in [1.165, 1.54) is 0 Å². The number of halogens is 1. The molecule has 0 amide bonds. The van der Waals surface area contributed by atoms with Crippen molar-refractivity contribution >= 4 is 11.6 Å². The third-order valence-electron chi connectivity index (χ3n) is 5.57. The number of imidazole rings is 1. The molecule has 0 saturated carbocycles. The predicted molar refractivity (Wildman–Crippen MR) is 125 cm³/mol. The first-order valence-corrected chi connectivity index (χ1v) is 10.5. The average molecular weight is 422 g/mol. The van der Waals surface area contributed by atoms with E-state index in [4.69, 9.17) is 16.6 Å². The quantitative estimate of drug-likeness (QED) is 0.241. The Morgan fingerprint density at radius 2 is 1.13 bits per heavy atom. The van der Waals surface area contributed by atoms with Crippen LogP contribution in [0.4, 0.5) is 0 Å². The van der Waals surface area contributed by atoms with Gasteiger partial charge >= 0.3 is 0 Å². The molecular formula is C27H20ClN3. The first-order chi connectivity index (χ1) is 15.3. The van der Waals surface area contributed by atoms with Crippen LogP contribution >= 0.6 is 11.6 Å². The number of nitrogens with zero attached hydrogens (tertiary/aromatic N) is 3. The Morgan fingerprint density at radius 3 is 1.58 bits per heavy atom. The fraction of sp³-hybridized carbons (Fsp3) is 0.0370. The van der Waals surface area contributed by atoms with Crippen molar-refractivity contribution in [3.63, 3.8) is 0 Å². The summed E-state index contributed by atoms with van der Waals surface area (Å²) in [5.74, 6) is 0. The fourth-order valence-electron chi connectivity index (χ4n) is 4.17. The van der Waals surface area contributed by atoms with Gasteiger partial charge in [0.15, 0.2) is 0 Å². The highest BCUT2D eigenvalue weighted by molar-refractivity contribution is 6.29. The summed E-state index contributed by atoms with van der Waals surface area (Å²) in [5, 5.41) is 0.468. The molecule has 2 aromatic heterocycles. The second-order valence-corrected chi connectivity index (χ2v) is 7.73. The molecule has 3 aromatic carbocycles. The number of hydrogen-bond acceptors (Lipinski definition) is 2. The second kappa shape index (κ2) is 8.21. The van der Waals surface area contributed by atoms with Gasteiger partial charge in [-0.25, -0.2) is 9.97 Å². The number of hydrogen-bond donors (Lipinski definition) is 0. The van der Waals surface area contributed by atoms with Gasteiger partial charge in [0, 0.05) is 18.0 Å². The van der Waals surface area contributed by atoms with Gasteiger partial charge in [0.05, 0.1) is 12.0 Å². The largest absolute Gasteiger partial charge is 0.318 e. The molecule has 0 atom stereocenters. The Labute approximate surface area is 186 Å². The van der Waals surface area contributed by atoms with Crippen molar-refractivity contribution in [3.05, 3.63) is 144 Å². The van der Waals surface area contributed by atoms with E-state index in [9.17, 15) is 0 Å². The highest BCUT2D eigenvalue weighted by atomic mass is 35.5. The summed E-state index contributed by atoms with van der Waals surface area (Å²) in [6, 6.07) is 35.4. The normalized spacial score (nSPS) is 11.4. The first-order valence-electron chi connectivity index (χ1n) is 10.1. The first kappa shape index (κ1) is 19.3. The van der Waals surface area contributed by atoms with Crippen LogP contribution in [0.15, 0.2) is 122 Å². The summed E-state index contributed by atoms with van der Waals surface area (Å²) in [6.45, 7) is 0. The SMILES string of the molecule is Clc1ccc(-c2cn(C(c3ccccc3)(c3ccccc3)c3ccccc3)cn2)cn1. The molecule has 31 heavy (non-hydrogen) atoms. The molecule has 5 aromatic rings. The van der Waals surface area contributed by atoms with Crippen LogP contribution < -0.4 is 0 Å². The zero-order valence-corrected chi connectivity index (χ0v) is 17.5. The number of aromatic nitrogens is 3. The molecule has 0 aliphatic rings. The van der Waals surface area contributed by atoms with Crippen LogP contribution in [0.3, 0.4) is 0 Å². The number of pyridine rings is 1. The topological polar surface area (TPSA) is 30.7 Å². The van der Waals surface area contributed by atoms with E-state index in [2.05, 4.69) is 88.5 Å². The van der Waals surface area contributed by atoms with E-state index in [0.717, 1.165) is 27.9 Å². The van der Waals surface area contributed by atoms with E-state index in [1.54, 1.807) is 12.3 Å². The minimum Gasteiger partial charge on any atom is -0.318 e. The smallest absolute Gasteiger partial charge is 0.129 e. The molecule has 0 N–H and O–H groups in total. The zero-order valence-electron chi connectivity index (χ0n) is 16.8. The van der Waals surface area contributed by atoms with Gasteiger partial charge in [0.1, 0.15) is 10.7 Å². The van der Waals surface area contributed by atoms with Gasteiger partial charge in [-0.3, -0.25) is 0 Å². The Morgan fingerprint density at radius 1 is 0.613 bits per heavy atom. The van der Waals surface area contributed by atoms with Crippen molar-refractivity contribution in [2.24, 2.45) is 0 Å². The molecule has 0 aliphatic carbocycles. The molecule has 0 spiro atoms. The third kappa shape index (κ3) is 3.43. The monoisotopic (exact) mass is 421 g/mol. The fourth-order valence-corrected chi connectivity index (χ4v) is 4.28. The molecular weight excluding hydrogens is 402 g/mol. The zero-order chi connectivity index (χ0) is 21.1. The van der Waals surface area contributed by atoms with Gasteiger partial charge in [-0.15, -0.1) is 0 Å². The highest BCUT2D eigenvalue weighted by Crippen LogP contribution is 2.41. The summed E-state index contributed by atoms with van der Waals surface area (Å²) in [7, 11) is 0. The lowest BCUT2D eigenvalue weighted by atomic mass is 9.77. The summed E-state index contributed by atoms with van der Waals surface area (Å²) < 4.78 is 2.19. The van der Waals surface area contributed by atoms with Gasteiger partial charge in [-0.05, 0) is 28.8 Å². The summed E-state index contributed by atoms with van der Waals surface area (Å²) >= 11 is 5.98. The molecule has 0 fully saturated rings. The molecule has 0 bridgehead atoms. The molecule has 150 valence electrons. The van der Waals surface area contributed by atoms with Gasteiger partial charge in [-0.1, -0.05) is 103 Å². The third-order valence-corrected chi connectivity index (χ3v) is 5.79. The average Bonchev–Trinajstić information content (AvgIpc) is 3.33. The van der Waals surface area contributed by atoms with Crippen molar-refractivity contribution in [3.8, 4) is 11.3 Å². The van der Waals surface area contributed by atoms with Gasteiger partial charge in [0.25, 0.3) is 0 Å². The maximum absolute atomic E-state index is 5.98. The van der Waals surface area contributed by atoms with Gasteiger partial charge < -0.3 is 4.57 Å². The number of rotatable bonds is 5. The maximum atomic E-state index is 5.98. The molecule has 5 rings (SSSR count). The molecule has 3 nitrogen and oxygen atoms in total. The van der Waals surface area contributed by atoms with Crippen LogP contribution in [0, 0.1) is 0 Å². The van der Waals surface area contributed by atoms with Crippen molar-refractivity contribution in [1.29, 1.82) is 0 Å². The van der Waals surface area contributed by atoms with E-state index >= 15 is 0 Å². The Hall–Kier alpha value is -3.69. The summed E-state index contributed by atoms with van der Waals surface area (Å²) in [4.78, 5) is 8.96. The van der Waals surface area contributed by atoms with Crippen LogP contribution in [-0.4, -0.2) is 14.5 Å². The highest BCUT2D eigenvalue weighted by Gasteiger charge is 2.38. The van der Waals surface area contributed by atoms with Crippen LogP contribution in [0.5, 0.6) is 0 Å². The van der Waals surface area contributed by atoms with Crippen LogP contribution in [-0.2, 0) is 5.54 Å². The van der Waals surface area contributed by atoms with E-state index in [-0.39, 0.29) is 0 Å². The Kier molecular flexibility index (Phi) is 5.11. The lowest BCUT2D eigenvalue weighted by Gasteiger charge is -2.37. The van der Waals surface area contributed by atoms with Crippen LogP contribution in [0.25, 0.3) is 11.3 Å². The van der Waals surface area contributed by atoms with E-state index < -0.39 is 5.54 Å². The molecule has 0 radical (unpaired) electrons. The minimum absolute atomic E-state index is 0.468. The van der Waals surface area contributed by atoms with Gasteiger partial charge in [0.2, 0.25) is 0 Å². The second-order valence-electron chi connectivity index (χ2n) is 7.34. The standard InChI is InChI=1S/C27H20ClN3/c28-26-17-16-21(18-29-26)25-19-31(20-30-25)27(22-10-4-1-5-11-22,23-12-6-2-7-13-23)24-14-8-3-9-15-24/h1-20H. The summed E-state index contributed by atoms with van der Waals surface area (Å²) in [5.41, 5.74) is 4.67. The van der Waals surface area contributed by atoms with E-state index in [1.807, 2.05) is 30.6 Å². The predicted octanol–water partition coefficient (Wildman–Crippen LogP) is 6.44. The molecule has 0 saturated heterocycles.